The van der Waals surface area contributed by atoms with E-state index >= 15 is 0 Å². The highest BCUT2D eigenvalue weighted by Gasteiger charge is 2.36. The van der Waals surface area contributed by atoms with Gasteiger partial charge in [0.2, 0.25) is 0 Å². The number of fused-ring (bicyclic) bond motifs is 1. The Balaban J connectivity index is 1.94. The number of thioether (sulfide) groups is 1. The lowest BCUT2D eigenvalue weighted by molar-refractivity contribution is 0.0526. The number of hydrogen-bond acceptors (Lipinski definition) is 5. The molecule has 1 unspecified atom stereocenters. The molecule has 0 amide bonds. The molecule has 2 N–H and O–H groups in total. The normalized spacial score (nSPS) is 19.9. The number of hydrogen-bond donors (Lipinski definition) is 2. The predicted octanol–water partition coefficient (Wildman–Crippen LogP) is 4.82. The van der Waals surface area contributed by atoms with Gasteiger partial charge in [-0.2, -0.15) is 10.6 Å². The van der Waals surface area contributed by atoms with Crippen LogP contribution in [0, 0.1) is 0 Å². The summed E-state index contributed by atoms with van der Waals surface area (Å²) in [6, 6.07) is 14.8. The molecule has 0 aliphatic carbocycles. The molecule has 1 aliphatic rings. The lowest BCUT2D eigenvalue weighted by Crippen LogP contribution is -2.05. The topological polar surface area (TPSA) is 66.8 Å². The Bertz CT molecular complexity index is 716. The SMILES string of the molecule is CCOC(=O)c1ccc2c(c1)C(Sc1ccccc1)CS2(O)O. The average molecular weight is 350 g/mol. The van der Waals surface area contributed by atoms with Crippen LogP contribution in [0.5, 0.6) is 0 Å². The molecule has 3 rings (SSSR count). The highest BCUT2D eigenvalue weighted by molar-refractivity contribution is 8.25. The van der Waals surface area contributed by atoms with Crippen LogP contribution in [0.15, 0.2) is 58.3 Å². The minimum Gasteiger partial charge on any atom is -0.462 e. The van der Waals surface area contributed by atoms with E-state index in [1.165, 1.54) is 0 Å². The maximum absolute atomic E-state index is 11.9. The van der Waals surface area contributed by atoms with Crippen molar-refractivity contribution in [2.45, 2.75) is 22.0 Å². The maximum Gasteiger partial charge on any atom is 0.338 e. The van der Waals surface area contributed by atoms with Crippen molar-refractivity contribution in [3.63, 3.8) is 0 Å². The molecule has 1 aliphatic heterocycles. The summed E-state index contributed by atoms with van der Waals surface area (Å²) in [6.07, 6.45) is 0. The van der Waals surface area contributed by atoms with Crippen LogP contribution in [0.4, 0.5) is 0 Å². The molecule has 23 heavy (non-hydrogen) atoms. The molecular formula is C17H18O4S2. The number of benzene rings is 2. The maximum atomic E-state index is 11.9. The number of ether oxygens (including phenoxy) is 1. The Morgan fingerprint density at radius 3 is 2.70 bits per heavy atom. The molecule has 4 nitrogen and oxygen atoms in total. The van der Waals surface area contributed by atoms with Gasteiger partial charge in [-0.3, -0.25) is 9.11 Å². The van der Waals surface area contributed by atoms with E-state index in [9.17, 15) is 13.9 Å². The summed E-state index contributed by atoms with van der Waals surface area (Å²) in [5.74, 6) is -0.115. The van der Waals surface area contributed by atoms with Crippen molar-refractivity contribution >= 4 is 28.3 Å². The van der Waals surface area contributed by atoms with Crippen LogP contribution in [0.3, 0.4) is 0 Å². The zero-order chi connectivity index (χ0) is 16.4. The Kier molecular flexibility index (Phi) is 4.68. The number of carbonyl (C=O) groups excluding carboxylic acids is 1. The third kappa shape index (κ3) is 3.40. The second-order valence-electron chi connectivity index (χ2n) is 5.23. The fourth-order valence-electron chi connectivity index (χ4n) is 2.59. The van der Waals surface area contributed by atoms with E-state index < -0.39 is 10.6 Å². The Labute approximate surface area is 141 Å². The lowest BCUT2D eigenvalue weighted by Gasteiger charge is -2.27. The molecule has 0 saturated heterocycles. The summed E-state index contributed by atoms with van der Waals surface area (Å²) >= 11 is 1.58. The Morgan fingerprint density at radius 2 is 2.00 bits per heavy atom. The number of rotatable bonds is 4. The first-order valence-electron chi connectivity index (χ1n) is 7.30. The summed E-state index contributed by atoms with van der Waals surface area (Å²) in [6.45, 7) is 2.07. The molecule has 1 atom stereocenters. The summed E-state index contributed by atoms with van der Waals surface area (Å²) in [5, 5.41) is -0.0909. The van der Waals surface area contributed by atoms with Crippen LogP contribution in [-0.2, 0) is 4.74 Å². The van der Waals surface area contributed by atoms with Crippen molar-refractivity contribution in [2.24, 2.45) is 0 Å². The molecule has 0 radical (unpaired) electrons. The Hall–Kier alpha value is -1.47. The molecule has 0 bridgehead atoms. The Morgan fingerprint density at radius 1 is 1.26 bits per heavy atom. The fraction of sp³-hybridized carbons (Fsp3) is 0.235. The van der Waals surface area contributed by atoms with Crippen LogP contribution < -0.4 is 0 Å². The standard InChI is InChI=1S/C17H18O4S2/c1-2-21-17(18)12-8-9-16-14(10-12)15(11-23(16,19)20)22-13-6-4-3-5-7-13/h3-10,15,19-20H,2,11H2,1H3. The third-order valence-corrected chi connectivity index (χ3v) is 6.96. The van der Waals surface area contributed by atoms with Crippen molar-refractivity contribution in [1.82, 2.24) is 0 Å². The largest absolute Gasteiger partial charge is 0.462 e. The molecule has 1 heterocycles. The van der Waals surface area contributed by atoms with Crippen molar-refractivity contribution in [3.05, 3.63) is 59.7 Å². The van der Waals surface area contributed by atoms with Gasteiger partial charge < -0.3 is 4.74 Å². The molecular weight excluding hydrogens is 332 g/mol. The van der Waals surface area contributed by atoms with Crippen LogP contribution in [-0.4, -0.2) is 27.4 Å². The smallest absolute Gasteiger partial charge is 0.338 e. The van der Waals surface area contributed by atoms with Gasteiger partial charge in [-0.1, -0.05) is 18.2 Å². The van der Waals surface area contributed by atoms with Gasteiger partial charge in [0, 0.05) is 4.90 Å². The van der Waals surface area contributed by atoms with Crippen molar-refractivity contribution < 1.29 is 18.6 Å². The van der Waals surface area contributed by atoms with Crippen molar-refractivity contribution in [2.75, 3.05) is 12.4 Å². The van der Waals surface area contributed by atoms with Crippen LogP contribution in [0.2, 0.25) is 0 Å². The molecule has 0 saturated carbocycles. The predicted molar refractivity (Wildman–Crippen MR) is 93.4 cm³/mol. The second kappa shape index (κ2) is 6.57. The van der Waals surface area contributed by atoms with Crippen molar-refractivity contribution in [1.29, 1.82) is 0 Å². The molecule has 0 aromatic heterocycles. The molecule has 0 spiro atoms. The van der Waals surface area contributed by atoms with Crippen molar-refractivity contribution in [3.8, 4) is 0 Å². The van der Waals surface area contributed by atoms with E-state index in [4.69, 9.17) is 4.74 Å². The first kappa shape index (κ1) is 16.4. The average Bonchev–Trinajstić information content (AvgIpc) is 2.79. The highest BCUT2D eigenvalue weighted by Crippen LogP contribution is 2.62. The van der Waals surface area contributed by atoms with E-state index in [0.29, 0.717) is 17.1 Å². The minimum atomic E-state index is -2.80. The molecule has 6 heteroatoms. The van der Waals surface area contributed by atoms with Crippen LogP contribution in [0.25, 0.3) is 0 Å². The molecule has 2 aromatic rings. The second-order valence-corrected chi connectivity index (χ2v) is 8.61. The van der Waals surface area contributed by atoms with Gasteiger partial charge in [0.05, 0.1) is 28.1 Å². The quantitative estimate of drug-likeness (QED) is 0.774. The van der Waals surface area contributed by atoms with Gasteiger partial charge >= 0.3 is 5.97 Å². The van der Waals surface area contributed by atoms with Crippen LogP contribution in [0.1, 0.15) is 28.1 Å². The van der Waals surface area contributed by atoms with E-state index in [2.05, 4.69) is 0 Å². The first-order chi connectivity index (χ1) is 11.0. The lowest BCUT2D eigenvalue weighted by atomic mass is 10.1. The number of carbonyl (C=O) groups is 1. The van der Waals surface area contributed by atoms with E-state index in [-0.39, 0.29) is 17.0 Å². The van der Waals surface area contributed by atoms with Gasteiger partial charge in [0.1, 0.15) is 0 Å². The first-order valence-corrected chi connectivity index (χ1v) is 9.89. The van der Waals surface area contributed by atoms with Gasteiger partial charge in [0.15, 0.2) is 0 Å². The summed E-state index contributed by atoms with van der Waals surface area (Å²) in [5.41, 5.74) is 1.26. The summed E-state index contributed by atoms with van der Waals surface area (Å²) in [4.78, 5) is 13.5. The van der Waals surface area contributed by atoms with Gasteiger partial charge in [-0.15, -0.1) is 11.8 Å². The monoisotopic (exact) mass is 350 g/mol. The zero-order valence-corrected chi connectivity index (χ0v) is 14.3. The fourth-order valence-corrected chi connectivity index (χ4v) is 6.12. The summed E-state index contributed by atoms with van der Waals surface area (Å²) in [7, 11) is -2.80. The molecule has 2 aromatic carbocycles. The molecule has 0 fully saturated rings. The number of esters is 1. The minimum absolute atomic E-state index is 0.0909. The summed E-state index contributed by atoms with van der Waals surface area (Å²) < 4.78 is 25.7. The zero-order valence-electron chi connectivity index (χ0n) is 12.6. The van der Waals surface area contributed by atoms with E-state index in [1.54, 1.807) is 36.9 Å². The third-order valence-electron chi connectivity index (χ3n) is 3.63. The van der Waals surface area contributed by atoms with E-state index in [1.807, 2.05) is 30.3 Å². The van der Waals surface area contributed by atoms with Gasteiger partial charge in [-0.25, -0.2) is 4.79 Å². The van der Waals surface area contributed by atoms with Crippen LogP contribution >= 0.6 is 22.4 Å². The van der Waals surface area contributed by atoms with Gasteiger partial charge in [0.25, 0.3) is 0 Å². The molecule has 122 valence electrons. The van der Waals surface area contributed by atoms with Gasteiger partial charge in [-0.05, 0) is 42.8 Å². The van der Waals surface area contributed by atoms with E-state index in [0.717, 1.165) is 10.5 Å². The highest BCUT2D eigenvalue weighted by atomic mass is 32.3.